The summed E-state index contributed by atoms with van der Waals surface area (Å²) in [6, 6.07) is 8.65. The fourth-order valence-corrected chi connectivity index (χ4v) is 5.12. The molecule has 8 heteroatoms. The summed E-state index contributed by atoms with van der Waals surface area (Å²) in [5.74, 6) is 0.561. The van der Waals surface area contributed by atoms with E-state index in [2.05, 4.69) is 4.98 Å². The van der Waals surface area contributed by atoms with E-state index in [4.69, 9.17) is 4.74 Å². The number of benzene rings is 1. The highest BCUT2D eigenvalue weighted by Gasteiger charge is 2.35. The van der Waals surface area contributed by atoms with Crippen LogP contribution in [0.1, 0.15) is 18.9 Å². The van der Waals surface area contributed by atoms with Crippen LogP contribution in [-0.4, -0.2) is 49.4 Å². The lowest BCUT2D eigenvalue weighted by Crippen LogP contribution is -2.31. The third-order valence-corrected chi connectivity index (χ3v) is 6.88. The Labute approximate surface area is 158 Å². The predicted molar refractivity (Wildman–Crippen MR) is 100 cm³/mol. The van der Waals surface area contributed by atoms with E-state index < -0.39 is 10.0 Å². The highest BCUT2D eigenvalue weighted by molar-refractivity contribution is 7.89. The van der Waals surface area contributed by atoms with Gasteiger partial charge in [-0.25, -0.2) is 8.42 Å². The molecule has 0 N–H and O–H groups in total. The van der Waals surface area contributed by atoms with Gasteiger partial charge in [0.05, 0.1) is 17.6 Å². The van der Waals surface area contributed by atoms with Crippen LogP contribution >= 0.6 is 0 Å². The Bertz CT molecular complexity index is 962. The summed E-state index contributed by atoms with van der Waals surface area (Å²) in [5, 5.41) is 0. The summed E-state index contributed by atoms with van der Waals surface area (Å²) in [4.78, 5) is 17.6. The molecular weight excluding hydrogens is 366 g/mol. The van der Waals surface area contributed by atoms with Gasteiger partial charge in [0, 0.05) is 31.9 Å². The van der Waals surface area contributed by atoms with Crippen LogP contribution in [0.3, 0.4) is 0 Å². The fourth-order valence-electron chi connectivity index (χ4n) is 3.62. The third kappa shape index (κ3) is 3.42. The van der Waals surface area contributed by atoms with Gasteiger partial charge in [0.15, 0.2) is 0 Å². The number of hydrogen-bond acceptors (Lipinski definition) is 5. The van der Waals surface area contributed by atoms with E-state index in [0.717, 1.165) is 12.0 Å². The number of carbonyl (C=O) groups excluding carboxylic acids is 1. The number of hydrogen-bond donors (Lipinski definition) is 0. The number of carbonyl (C=O) groups is 1. The molecule has 4 rings (SSSR count). The van der Waals surface area contributed by atoms with E-state index in [0.29, 0.717) is 37.5 Å². The Balaban J connectivity index is 1.53. The van der Waals surface area contributed by atoms with Gasteiger partial charge in [-0.05, 0) is 42.7 Å². The minimum atomic E-state index is -3.63. The number of aromatic nitrogens is 1. The number of ether oxygens (including phenoxy) is 1. The maximum Gasteiger partial charge on any atom is 0.243 e. The van der Waals surface area contributed by atoms with E-state index in [9.17, 15) is 13.2 Å². The molecule has 1 fully saturated rings. The van der Waals surface area contributed by atoms with E-state index in [1.807, 2.05) is 6.07 Å². The summed E-state index contributed by atoms with van der Waals surface area (Å²) in [6.07, 6.45) is 4.45. The molecule has 1 saturated heterocycles. The lowest BCUT2D eigenvalue weighted by molar-refractivity contribution is -0.116. The maximum absolute atomic E-state index is 13.1. The molecule has 1 amide bonds. The number of nitrogens with zero attached hydrogens (tertiary/aromatic N) is 3. The zero-order valence-corrected chi connectivity index (χ0v) is 15.9. The van der Waals surface area contributed by atoms with Gasteiger partial charge < -0.3 is 9.64 Å². The van der Waals surface area contributed by atoms with Gasteiger partial charge in [-0.15, -0.1) is 0 Å². The van der Waals surface area contributed by atoms with Crippen LogP contribution in [0, 0.1) is 0 Å². The van der Waals surface area contributed by atoms with Gasteiger partial charge in [-0.2, -0.15) is 4.31 Å². The zero-order chi connectivity index (χ0) is 19.0. The molecule has 0 spiro atoms. The molecular formula is C19H21N3O4S. The topological polar surface area (TPSA) is 79.8 Å². The molecule has 0 radical (unpaired) electrons. The summed E-state index contributed by atoms with van der Waals surface area (Å²) in [6.45, 7) is 2.79. The highest BCUT2D eigenvalue weighted by atomic mass is 32.2. The SMILES string of the molecule is CC(=O)N1CCc2ccc(S(=O)(=O)N3CC[C@H](Oc4cccnc4)C3)cc21. The minimum absolute atomic E-state index is 0.0746. The van der Waals surface area contributed by atoms with Crippen molar-refractivity contribution in [2.45, 2.75) is 30.8 Å². The molecule has 1 aromatic heterocycles. The molecule has 0 saturated carbocycles. The van der Waals surface area contributed by atoms with Gasteiger partial charge in [-0.1, -0.05) is 6.07 Å². The van der Waals surface area contributed by atoms with Crippen molar-refractivity contribution < 1.29 is 17.9 Å². The van der Waals surface area contributed by atoms with Crippen LogP contribution in [0.25, 0.3) is 0 Å². The van der Waals surface area contributed by atoms with Gasteiger partial charge in [0.1, 0.15) is 11.9 Å². The number of pyridine rings is 1. The predicted octanol–water partition coefficient (Wildman–Crippen LogP) is 1.83. The van der Waals surface area contributed by atoms with Gasteiger partial charge in [-0.3, -0.25) is 9.78 Å². The van der Waals surface area contributed by atoms with Crippen molar-refractivity contribution in [3.63, 3.8) is 0 Å². The van der Waals surface area contributed by atoms with Crippen molar-refractivity contribution in [2.24, 2.45) is 0 Å². The highest BCUT2D eigenvalue weighted by Crippen LogP contribution is 2.32. The first-order chi connectivity index (χ1) is 12.9. The van der Waals surface area contributed by atoms with Crippen LogP contribution in [0.15, 0.2) is 47.6 Å². The number of amides is 1. The Hall–Kier alpha value is -2.45. The maximum atomic E-state index is 13.1. The third-order valence-electron chi connectivity index (χ3n) is 5.02. The van der Waals surface area contributed by atoms with Gasteiger partial charge in [0.25, 0.3) is 0 Å². The number of anilines is 1. The van der Waals surface area contributed by atoms with E-state index in [1.165, 1.54) is 11.2 Å². The van der Waals surface area contributed by atoms with Gasteiger partial charge in [0.2, 0.25) is 15.9 Å². The zero-order valence-electron chi connectivity index (χ0n) is 15.0. The van der Waals surface area contributed by atoms with Crippen molar-refractivity contribution in [1.82, 2.24) is 9.29 Å². The van der Waals surface area contributed by atoms with E-state index in [-0.39, 0.29) is 16.9 Å². The molecule has 2 aromatic rings. The quantitative estimate of drug-likeness (QED) is 0.800. The lowest BCUT2D eigenvalue weighted by Gasteiger charge is -2.19. The first-order valence-electron chi connectivity index (χ1n) is 8.93. The first-order valence-corrected chi connectivity index (χ1v) is 10.4. The van der Waals surface area contributed by atoms with Crippen molar-refractivity contribution in [3.8, 4) is 5.75 Å². The molecule has 7 nitrogen and oxygen atoms in total. The molecule has 142 valence electrons. The second-order valence-electron chi connectivity index (χ2n) is 6.79. The second kappa shape index (κ2) is 6.94. The second-order valence-corrected chi connectivity index (χ2v) is 8.73. The fraction of sp³-hybridized carbons (Fsp3) is 0.368. The summed E-state index contributed by atoms with van der Waals surface area (Å²) in [7, 11) is -3.63. The summed E-state index contributed by atoms with van der Waals surface area (Å²) >= 11 is 0. The van der Waals surface area contributed by atoms with Crippen LogP contribution in [0.4, 0.5) is 5.69 Å². The lowest BCUT2D eigenvalue weighted by atomic mass is 10.2. The molecule has 2 aliphatic rings. The van der Waals surface area contributed by atoms with Crippen molar-refractivity contribution in [1.29, 1.82) is 0 Å². The molecule has 0 unspecified atom stereocenters. The Morgan fingerprint density at radius 2 is 2.11 bits per heavy atom. The normalized spacial score (nSPS) is 19.9. The number of rotatable bonds is 4. The van der Waals surface area contributed by atoms with Crippen LogP contribution in [0.5, 0.6) is 5.75 Å². The Kier molecular flexibility index (Phi) is 4.61. The average molecular weight is 387 g/mol. The molecule has 1 atom stereocenters. The van der Waals surface area contributed by atoms with Crippen molar-refractivity contribution in [3.05, 3.63) is 48.3 Å². The standard InChI is InChI=1S/C19H21N3O4S/c1-14(23)22-10-6-15-4-5-18(11-19(15)22)27(24,25)21-9-7-17(13-21)26-16-3-2-8-20-12-16/h2-5,8,11-12,17H,6-7,9-10,13H2,1H3/t17-/m0/s1. The average Bonchev–Trinajstić information content (AvgIpc) is 3.29. The van der Waals surface area contributed by atoms with Crippen molar-refractivity contribution >= 4 is 21.6 Å². The smallest absolute Gasteiger partial charge is 0.243 e. The van der Waals surface area contributed by atoms with Crippen LogP contribution < -0.4 is 9.64 Å². The molecule has 0 aliphatic carbocycles. The van der Waals surface area contributed by atoms with Crippen LogP contribution in [0.2, 0.25) is 0 Å². The van der Waals surface area contributed by atoms with E-state index in [1.54, 1.807) is 41.6 Å². The molecule has 27 heavy (non-hydrogen) atoms. The number of fused-ring (bicyclic) bond motifs is 1. The van der Waals surface area contributed by atoms with Crippen LogP contribution in [-0.2, 0) is 21.2 Å². The Morgan fingerprint density at radius 1 is 1.26 bits per heavy atom. The summed E-state index contributed by atoms with van der Waals surface area (Å²) in [5.41, 5.74) is 1.70. The molecule has 1 aromatic carbocycles. The molecule has 0 bridgehead atoms. The minimum Gasteiger partial charge on any atom is -0.487 e. The van der Waals surface area contributed by atoms with Crippen molar-refractivity contribution in [2.75, 3.05) is 24.5 Å². The monoisotopic (exact) mass is 387 g/mol. The molecule has 2 aliphatic heterocycles. The van der Waals surface area contributed by atoms with Gasteiger partial charge >= 0.3 is 0 Å². The first kappa shape index (κ1) is 17.9. The largest absolute Gasteiger partial charge is 0.487 e. The Morgan fingerprint density at radius 3 is 2.85 bits per heavy atom. The van der Waals surface area contributed by atoms with E-state index >= 15 is 0 Å². The number of sulfonamides is 1. The summed E-state index contributed by atoms with van der Waals surface area (Å²) < 4.78 is 33.4. The molecule has 3 heterocycles.